The summed E-state index contributed by atoms with van der Waals surface area (Å²) in [4.78, 5) is 37.9. The van der Waals surface area contributed by atoms with Crippen LogP contribution < -0.4 is 25.2 Å². The van der Waals surface area contributed by atoms with Crippen LogP contribution in [0.15, 0.2) is 46.3 Å². The van der Waals surface area contributed by atoms with Crippen molar-refractivity contribution in [3.05, 3.63) is 69.4 Å². The number of aromatic amines is 1. The third-order valence-electron chi connectivity index (χ3n) is 5.21. The molecule has 0 bridgehead atoms. The van der Waals surface area contributed by atoms with Crippen molar-refractivity contribution in [2.45, 2.75) is 13.3 Å². The van der Waals surface area contributed by atoms with Gasteiger partial charge in [0.2, 0.25) is 5.75 Å². The van der Waals surface area contributed by atoms with Crippen LogP contribution in [0, 0.1) is 5.82 Å². The van der Waals surface area contributed by atoms with E-state index in [2.05, 4.69) is 15.6 Å². The molecule has 12 heteroatoms. The van der Waals surface area contributed by atoms with Crippen LogP contribution in [0.2, 0.25) is 0 Å². The predicted octanol–water partition coefficient (Wildman–Crippen LogP) is 2.20. The van der Waals surface area contributed by atoms with Gasteiger partial charge in [0, 0.05) is 5.56 Å². The van der Waals surface area contributed by atoms with Crippen LogP contribution in [0.25, 0.3) is 5.69 Å². The molecule has 3 aromatic rings. The minimum Gasteiger partial charge on any atom is -0.493 e. The second kappa shape index (κ2) is 11.2. The van der Waals surface area contributed by atoms with E-state index >= 15 is 0 Å². The minimum absolute atomic E-state index is 0.0508. The first-order chi connectivity index (χ1) is 17.2. The fourth-order valence-electron chi connectivity index (χ4n) is 3.44. The van der Waals surface area contributed by atoms with E-state index in [0.29, 0.717) is 11.4 Å². The molecular formula is C24H25FN4O7. The summed E-state index contributed by atoms with van der Waals surface area (Å²) in [7, 11) is 5.50. The van der Waals surface area contributed by atoms with Crippen molar-refractivity contribution < 1.29 is 32.9 Å². The fourth-order valence-corrected chi connectivity index (χ4v) is 3.44. The first-order valence-electron chi connectivity index (χ1n) is 10.6. The molecule has 0 aliphatic carbocycles. The van der Waals surface area contributed by atoms with Crippen molar-refractivity contribution in [1.29, 1.82) is 0 Å². The number of nitrogens with one attached hydrogen (secondary N) is 2. The number of rotatable bonds is 9. The molecule has 190 valence electrons. The summed E-state index contributed by atoms with van der Waals surface area (Å²) in [6, 6.07) is 8.08. The van der Waals surface area contributed by atoms with E-state index in [1.165, 1.54) is 71.8 Å². The average molecular weight is 500 g/mol. The number of esters is 1. The largest absolute Gasteiger partial charge is 0.493 e. The van der Waals surface area contributed by atoms with Crippen LogP contribution in [-0.4, -0.2) is 55.8 Å². The Hall–Kier alpha value is -4.61. The monoisotopic (exact) mass is 500 g/mol. The average Bonchev–Trinajstić information content (AvgIpc) is 3.21. The van der Waals surface area contributed by atoms with Crippen molar-refractivity contribution in [3.8, 4) is 22.9 Å². The van der Waals surface area contributed by atoms with E-state index in [9.17, 15) is 18.8 Å². The molecule has 1 aromatic heterocycles. The zero-order valence-electron chi connectivity index (χ0n) is 20.3. The third kappa shape index (κ3) is 5.37. The van der Waals surface area contributed by atoms with E-state index in [1.807, 2.05) is 0 Å². The topological polar surface area (TPSA) is 133 Å². The first-order valence-corrected chi connectivity index (χ1v) is 10.6. The minimum atomic E-state index is -0.613. The lowest BCUT2D eigenvalue weighted by atomic mass is 10.1. The molecule has 0 radical (unpaired) electrons. The molecule has 0 unspecified atom stereocenters. The van der Waals surface area contributed by atoms with Gasteiger partial charge in [0.1, 0.15) is 5.82 Å². The van der Waals surface area contributed by atoms with Gasteiger partial charge in [-0.25, -0.2) is 14.5 Å². The lowest BCUT2D eigenvalue weighted by molar-refractivity contribution is -0.139. The molecule has 1 amide bonds. The van der Waals surface area contributed by atoms with Crippen molar-refractivity contribution in [2.24, 2.45) is 5.10 Å². The zero-order chi connectivity index (χ0) is 26.4. The van der Waals surface area contributed by atoms with Crippen LogP contribution in [-0.2, 0) is 16.0 Å². The number of carbonyl (C=O) groups is 2. The van der Waals surface area contributed by atoms with Gasteiger partial charge in [-0.05, 0) is 43.3 Å². The van der Waals surface area contributed by atoms with Crippen molar-refractivity contribution in [1.82, 2.24) is 15.2 Å². The highest BCUT2D eigenvalue weighted by Crippen LogP contribution is 2.38. The first kappa shape index (κ1) is 26.0. The molecular weight excluding hydrogens is 475 g/mol. The standard InChI is InChI=1S/C24H25FN4O7/c1-13(26-27-23(31)14-10-18(33-2)22(36-5)19(11-14)34-3)21-17(12-20(30)35-4)28-29(24(21)32)16-8-6-15(25)7-9-16/h6-11,28H,12H2,1-5H3,(H,27,31)/b26-13+. The molecule has 36 heavy (non-hydrogen) atoms. The summed E-state index contributed by atoms with van der Waals surface area (Å²) in [6.45, 7) is 1.50. The van der Waals surface area contributed by atoms with Crippen molar-refractivity contribution in [3.63, 3.8) is 0 Å². The molecule has 0 aliphatic heterocycles. The Balaban J connectivity index is 1.98. The van der Waals surface area contributed by atoms with Gasteiger partial charge in [-0.3, -0.25) is 19.5 Å². The molecule has 2 aromatic carbocycles. The van der Waals surface area contributed by atoms with Crippen molar-refractivity contribution >= 4 is 17.6 Å². The number of nitrogens with zero attached hydrogens (tertiary/aromatic N) is 2. The molecule has 0 fully saturated rings. The molecule has 0 spiro atoms. The second-order valence-electron chi connectivity index (χ2n) is 7.39. The highest BCUT2D eigenvalue weighted by atomic mass is 19.1. The van der Waals surface area contributed by atoms with E-state index in [1.54, 1.807) is 0 Å². The number of carbonyl (C=O) groups excluding carboxylic acids is 2. The van der Waals surface area contributed by atoms with E-state index in [4.69, 9.17) is 18.9 Å². The zero-order valence-corrected chi connectivity index (χ0v) is 20.3. The number of hydrogen-bond acceptors (Lipinski definition) is 8. The van der Waals surface area contributed by atoms with Crippen LogP contribution >= 0.6 is 0 Å². The molecule has 3 rings (SSSR count). The molecule has 0 atom stereocenters. The summed E-state index contributed by atoms with van der Waals surface area (Å²) in [5.41, 5.74) is 2.72. The summed E-state index contributed by atoms with van der Waals surface area (Å²) in [5, 5.41) is 6.89. The fraction of sp³-hybridized carbons (Fsp3) is 0.250. The Morgan fingerprint density at radius 1 is 1.03 bits per heavy atom. The number of H-pyrrole nitrogens is 1. The predicted molar refractivity (Wildman–Crippen MR) is 128 cm³/mol. The molecule has 11 nitrogen and oxygen atoms in total. The quantitative estimate of drug-likeness (QED) is 0.261. The maximum Gasteiger partial charge on any atom is 0.311 e. The number of aromatic nitrogens is 2. The number of amides is 1. The van der Waals surface area contributed by atoms with Gasteiger partial charge in [0.25, 0.3) is 11.5 Å². The maximum atomic E-state index is 13.3. The van der Waals surface area contributed by atoms with Crippen LogP contribution in [0.5, 0.6) is 17.2 Å². The highest BCUT2D eigenvalue weighted by Gasteiger charge is 2.21. The molecule has 0 aliphatic rings. The smallest absolute Gasteiger partial charge is 0.311 e. The van der Waals surface area contributed by atoms with Gasteiger partial charge < -0.3 is 18.9 Å². The van der Waals surface area contributed by atoms with Gasteiger partial charge in [-0.15, -0.1) is 0 Å². The lowest BCUT2D eigenvalue weighted by Crippen LogP contribution is -2.24. The molecule has 1 heterocycles. The number of benzene rings is 2. The van der Waals surface area contributed by atoms with Crippen LogP contribution in [0.3, 0.4) is 0 Å². The van der Waals surface area contributed by atoms with E-state index in [-0.39, 0.29) is 40.5 Å². The van der Waals surface area contributed by atoms with Gasteiger partial charge in [0.05, 0.1) is 57.5 Å². The highest BCUT2D eigenvalue weighted by molar-refractivity contribution is 6.02. The van der Waals surface area contributed by atoms with Gasteiger partial charge in [0.15, 0.2) is 11.5 Å². The summed E-state index contributed by atoms with van der Waals surface area (Å²) in [6.07, 6.45) is -0.261. The summed E-state index contributed by atoms with van der Waals surface area (Å²) in [5.74, 6) is -0.819. The number of hydrazone groups is 1. The number of methoxy groups -OCH3 is 4. The third-order valence-corrected chi connectivity index (χ3v) is 5.21. The Kier molecular flexibility index (Phi) is 8.10. The Bertz CT molecular complexity index is 1330. The Morgan fingerprint density at radius 3 is 2.17 bits per heavy atom. The molecule has 0 saturated carbocycles. The Morgan fingerprint density at radius 2 is 1.64 bits per heavy atom. The number of ether oxygens (including phenoxy) is 4. The number of hydrogen-bond donors (Lipinski definition) is 2. The van der Waals surface area contributed by atoms with Crippen LogP contribution in [0.4, 0.5) is 4.39 Å². The molecule has 0 saturated heterocycles. The van der Waals surface area contributed by atoms with E-state index in [0.717, 1.165) is 4.68 Å². The molecule has 2 N–H and O–H groups in total. The van der Waals surface area contributed by atoms with Gasteiger partial charge >= 0.3 is 5.97 Å². The SMILES string of the molecule is COC(=O)Cc1[nH]n(-c2ccc(F)cc2)c(=O)c1/C(C)=N/NC(=O)c1cc(OC)c(OC)c(OC)c1. The van der Waals surface area contributed by atoms with Gasteiger partial charge in [-0.2, -0.15) is 5.10 Å². The maximum absolute atomic E-state index is 13.3. The second-order valence-corrected chi connectivity index (χ2v) is 7.39. The normalized spacial score (nSPS) is 11.1. The summed E-state index contributed by atoms with van der Waals surface area (Å²) >= 11 is 0. The van der Waals surface area contributed by atoms with E-state index < -0.39 is 23.3 Å². The Labute approximate surface area is 205 Å². The summed E-state index contributed by atoms with van der Waals surface area (Å²) < 4.78 is 35.0. The van der Waals surface area contributed by atoms with Crippen molar-refractivity contribution in [2.75, 3.05) is 28.4 Å². The van der Waals surface area contributed by atoms with Crippen LogP contribution in [0.1, 0.15) is 28.5 Å². The van der Waals surface area contributed by atoms with Gasteiger partial charge in [-0.1, -0.05) is 0 Å². The lowest BCUT2D eigenvalue weighted by Gasteiger charge is -2.13. The number of halogens is 1.